The molecule has 0 atom stereocenters. The molecular formula is C10H21Si. The van der Waals surface area contributed by atoms with Crippen molar-refractivity contribution >= 4 is 8.80 Å². The fraction of sp³-hybridized carbons (Fsp3) is 0.800. The highest BCUT2D eigenvalue weighted by atomic mass is 28.3. The van der Waals surface area contributed by atoms with E-state index in [1.807, 2.05) is 6.08 Å². The average Bonchev–Trinajstić information content (AvgIpc) is 1.96. The summed E-state index contributed by atoms with van der Waals surface area (Å²) in [5.41, 5.74) is 0. The van der Waals surface area contributed by atoms with Crippen LogP contribution in [0.5, 0.6) is 0 Å². The highest BCUT2D eigenvalue weighted by molar-refractivity contribution is 6.55. The number of allylic oxidation sites excluding steroid dienone is 1. The van der Waals surface area contributed by atoms with Gasteiger partial charge in [-0.3, -0.25) is 0 Å². The van der Waals surface area contributed by atoms with E-state index in [-0.39, 0.29) is 8.80 Å². The first kappa shape index (κ1) is 11.0. The van der Waals surface area contributed by atoms with Crippen molar-refractivity contribution in [1.82, 2.24) is 0 Å². The zero-order valence-electron chi connectivity index (χ0n) is 8.03. The van der Waals surface area contributed by atoms with Crippen molar-refractivity contribution < 1.29 is 0 Å². The lowest BCUT2D eigenvalue weighted by atomic mass is 10.1. The van der Waals surface area contributed by atoms with Crippen molar-refractivity contribution in [3.05, 3.63) is 12.7 Å². The van der Waals surface area contributed by atoms with Crippen LogP contribution in [0.4, 0.5) is 0 Å². The van der Waals surface area contributed by atoms with Crippen molar-refractivity contribution in [2.45, 2.75) is 51.2 Å². The molecule has 0 aliphatic heterocycles. The predicted octanol–water partition coefficient (Wildman–Crippen LogP) is 3.88. The summed E-state index contributed by atoms with van der Waals surface area (Å²) in [6, 6.07) is 1.50. The van der Waals surface area contributed by atoms with Gasteiger partial charge in [-0.2, -0.15) is 0 Å². The first-order valence-corrected chi connectivity index (χ1v) is 7.38. The van der Waals surface area contributed by atoms with Crippen molar-refractivity contribution in [3.63, 3.8) is 0 Å². The molecule has 0 saturated heterocycles. The van der Waals surface area contributed by atoms with Crippen LogP contribution in [-0.4, -0.2) is 8.80 Å². The van der Waals surface area contributed by atoms with Gasteiger partial charge in [0.1, 0.15) is 0 Å². The summed E-state index contributed by atoms with van der Waals surface area (Å²) in [5, 5.41) is 0. The van der Waals surface area contributed by atoms with Crippen molar-refractivity contribution in [2.75, 3.05) is 0 Å². The zero-order valence-corrected chi connectivity index (χ0v) is 9.03. The van der Waals surface area contributed by atoms with Gasteiger partial charge in [0, 0.05) is 8.80 Å². The van der Waals surface area contributed by atoms with E-state index in [0.717, 1.165) is 0 Å². The van der Waals surface area contributed by atoms with Crippen LogP contribution in [-0.2, 0) is 0 Å². The third-order valence-corrected chi connectivity index (χ3v) is 3.19. The summed E-state index contributed by atoms with van der Waals surface area (Å²) in [5.74, 6) is 0. The summed E-state index contributed by atoms with van der Waals surface area (Å²) < 4.78 is 0. The molecule has 0 heterocycles. The second-order valence-electron chi connectivity index (χ2n) is 3.45. The summed E-state index contributed by atoms with van der Waals surface area (Å²) in [7, 11) is 0.0527. The third kappa shape index (κ3) is 9.96. The molecule has 0 unspecified atom stereocenters. The first-order valence-electron chi connectivity index (χ1n) is 4.67. The summed E-state index contributed by atoms with van der Waals surface area (Å²) in [6.45, 7) is 8.51. The second kappa shape index (κ2) is 8.06. The molecule has 0 rings (SSSR count). The minimum atomic E-state index is 0.0527. The van der Waals surface area contributed by atoms with E-state index >= 15 is 0 Å². The Balaban J connectivity index is 2.85. The molecule has 0 fully saturated rings. The summed E-state index contributed by atoms with van der Waals surface area (Å²) in [6.07, 6.45) is 8.87. The second-order valence-corrected chi connectivity index (χ2v) is 6.36. The molecule has 0 amide bonds. The Kier molecular flexibility index (Phi) is 8.03. The van der Waals surface area contributed by atoms with Crippen LogP contribution in [0.2, 0.25) is 19.1 Å². The van der Waals surface area contributed by atoms with Crippen LogP contribution in [0.15, 0.2) is 12.7 Å². The molecule has 0 bridgehead atoms. The summed E-state index contributed by atoms with van der Waals surface area (Å²) in [4.78, 5) is 0. The Morgan fingerprint density at radius 3 is 2.27 bits per heavy atom. The lowest BCUT2D eigenvalue weighted by molar-refractivity contribution is 0.672. The Labute approximate surface area is 73.3 Å². The van der Waals surface area contributed by atoms with E-state index in [0.29, 0.717) is 0 Å². The van der Waals surface area contributed by atoms with Crippen LogP contribution in [0.25, 0.3) is 0 Å². The normalized spacial score (nSPS) is 10.5. The van der Waals surface area contributed by atoms with Crippen molar-refractivity contribution in [3.8, 4) is 0 Å². The molecule has 0 aliphatic rings. The van der Waals surface area contributed by atoms with Gasteiger partial charge in [-0.1, -0.05) is 44.5 Å². The molecule has 0 aliphatic carbocycles. The molecule has 11 heavy (non-hydrogen) atoms. The predicted molar refractivity (Wildman–Crippen MR) is 55.6 cm³/mol. The van der Waals surface area contributed by atoms with Gasteiger partial charge in [0.05, 0.1) is 0 Å². The quantitative estimate of drug-likeness (QED) is 0.308. The number of hydrogen-bond acceptors (Lipinski definition) is 0. The van der Waals surface area contributed by atoms with Crippen molar-refractivity contribution in [2.24, 2.45) is 0 Å². The van der Waals surface area contributed by atoms with Crippen LogP contribution < -0.4 is 0 Å². The van der Waals surface area contributed by atoms with E-state index in [9.17, 15) is 0 Å². The lowest BCUT2D eigenvalue weighted by Gasteiger charge is -2.01. The number of rotatable bonds is 7. The maximum Gasteiger partial charge on any atom is 0.0412 e. The number of unbranched alkanes of at least 4 members (excludes halogenated alkanes) is 4. The Bertz CT molecular complexity index is 86.9. The van der Waals surface area contributed by atoms with Gasteiger partial charge < -0.3 is 0 Å². The van der Waals surface area contributed by atoms with E-state index in [2.05, 4.69) is 19.7 Å². The Hall–Kier alpha value is -0.0431. The van der Waals surface area contributed by atoms with Gasteiger partial charge in [0.15, 0.2) is 0 Å². The molecule has 0 N–H and O–H groups in total. The molecule has 0 spiro atoms. The average molecular weight is 169 g/mol. The van der Waals surface area contributed by atoms with Gasteiger partial charge in [-0.05, 0) is 12.8 Å². The Morgan fingerprint density at radius 2 is 1.73 bits per heavy atom. The van der Waals surface area contributed by atoms with Gasteiger partial charge >= 0.3 is 0 Å². The highest BCUT2D eigenvalue weighted by Crippen LogP contribution is 2.07. The molecule has 0 saturated carbocycles. The highest BCUT2D eigenvalue weighted by Gasteiger charge is 1.94. The number of hydrogen-bond donors (Lipinski definition) is 0. The van der Waals surface area contributed by atoms with E-state index in [4.69, 9.17) is 0 Å². The minimum Gasteiger partial charge on any atom is -0.103 e. The molecule has 0 aromatic carbocycles. The fourth-order valence-electron chi connectivity index (χ4n) is 1.12. The molecule has 1 heteroatoms. The largest absolute Gasteiger partial charge is 0.103 e. The lowest BCUT2D eigenvalue weighted by Crippen LogP contribution is -1.97. The standard InChI is InChI=1S/C10H21Si/c1-4-5-6-7-8-9-10-11(2)3/h4H,1,5-10H2,2-3H3. The van der Waals surface area contributed by atoms with Crippen LogP contribution in [0.1, 0.15) is 32.1 Å². The third-order valence-electron chi connectivity index (χ3n) is 1.84. The smallest absolute Gasteiger partial charge is 0.0412 e. The molecule has 1 radical (unpaired) electrons. The van der Waals surface area contributed by atoms with E-state index in [1.54, 1.807) is 0 Å². The fourth-order valence-corrected chi connectivity index (χ4v) is 2.08. The van der Waals surface area contributed by atoms with Gasteiger partial charge in [0.25, 0.3) is 0 Å². The zero-order chi connectivity index (χ0) is 8.53. The molecule has 0 aromatic rings. The maximum absolute atomic E-state index is 3.71. The van der Waals surface area contributed by atoms with E-state index < -0.39 is 0 Å². The SMILES string of the molecule is C=CCCCCCC[Si](C)C. The van der Waals surface area contributed by atoms with Crippen LogP contribution in [0, 0.1) is 0 Å². The van der Waals surface area contributed by atoms with Crippen LogP contribution >= 0.6 is 0 Å². The monoisotopic (exact) mass is 169 g/mol. The van der Waals surface area contributed by atoms with Gasteiger partial charge in [0.2, 0.25) is 0 Å². The van der Waals surface area contributed by atoms with Crippen molar-refractivity contribution in [1.29, 1.82) is 0 Å². The maximum atomic E-state index is 3.71. The Morgan fingerprint density at radius 1 is 1.09 bits per heavy atom. The summed E-state index contributed by atoms with van der Waals surface area (Å²) >= 11 is 0. The molecule has 0 aromatic heterocycles. The van der Waals surface area contributed by atoms with Gasteiger partial charge in [-0.15, -0.1) is 6.58 Å². The van der Waals surface area contributed by atoms with Gasteiger partial charge in [-0.25, -0.2) is 0 Å². The molecular weight excluding hydrogens is 148 g/mol. The topological polar surface area (TPSA) is 0 Å². The molecule has 0 nitrogen and oxygen atoms in total. The molecule has 65 valence electrons. The first-order chi connectivity index (χ1) is 5.27. The van der Waals surface area contributed by atoms with Crippen LogP contribution in [0.3, 0.4) is 0 Å². The van der Waals surface area contributed by atoms with E-state index in [1.165, 1.54) is 38.1 Å². The minimum absolute atomic E-state index is 0.0527.